The molecule has 0 aliphatic carbocycles. The Morgan fingerprint density at radius 3 is 2.30 bits per heavy atom. The second-order valence-electron chi connectivity index (χ2n) is 7.95. The number of thiocarbonyl (C=S) groups is 1. The molecule has 0 radical (unpaired) electrons. The molecule has 7 nitrogen and oxygen atoms in total. The molecular weight excluding hydrogens is 454 g/mol. The molecule has 0 atom stereocenters. The molecule has 9 heteroatoms. The minimum atomic E-state index is -0.293. The highest BCUT2D eigenvalue weighted by molar-refractivity contribution is 8.26. The Morgan fingerprint density at radius 2 is 1.76 bits per heavy atom. The Kier molecular flexibility index (Phi) is 6.58. The summed E-state index contributed by atoms with van der Waals surface area (Å²) < 4.78 is 2.15. The number of para-hydroxylation sites is 1. The number of hydrogen-bond acceptors (Lipinski definition) is 7. The van der Waals surface area contributed by atoms with Gasteiger partial charge in [-0.1, -0.05) is 42.2 Å². The summed E-state index contributed by atoms with van der Waals surface area (Å²) in [5.74, 6) is 0.588. The van der Waals surface area contributed by atoms with E-state index in [1.807, 2.05) is 25.1 Å². The van der Waals surface area contributed by atoms with Crippen molar-refractivity contribution in [2.45, 2.75) is 20.4 Å². The molecule has 33 heavy (non-hydrogen) atoms. The van der Waals surface area contributed by atoms with Crippen LogP contribution in [0.5, 0.6) is 0 Å². The number of nitriles is 1. The van der Waals surface area contributed by atoms with Crippen LogP contribution in [-0.4, -0.2) is 52.9 Å². The standard InChI is InChI=1S/C24H25N5O2S2/c1-4-29-21(28-12-10-27(11-13-28)17-8-6-5-7-9-17)18(16(2)19(15-25)22(29)30)14-20-23(31)26(3)24(32)33-20/h5-9,14H,4,10-13H2,1-3H3/b20-14-. The van der Waals surface area contributed by atoms with E-state index in [1.54, 1.807) is 24.6 Å². The summed E-state index contributed by atoms with van der Waals surface area (Å²) in [6.45, 7) is 7.15. The van der Waals surface area contributed by atoms with Gasteiger partial charge in [0.2, 0.25) is 0 Å². The van der Waals surface area contributed by atoms with Gasteiger partial charge in [-0.15, -0.1) is 0 Å². The van der Waals surface area contributed by atoms with Gasteiger partial charge < -0.3 is 9.80 Å². The molecule has 4 rings (SSSR count). The molecule has 2 fully saturated rings. The third kappa shape index (κ3) is 4.16. The van der Waals surface area contributed by atoms with Crippen molar-refractivity contribution in [2.75, 3.05) is 43.0 Å². The molecule has 0 N–H and O–H groups in total. The first-order valence-electron chi connectivity index (χ1n) is 10.8. The van der Waals surface area contributed by atoms with Crippen LogP contribution < -0.4 is 15.4 Å². The van der Waals surface area contributed by atoms with Crippen molar-refractivity contribution in [1.82, 2.24) is 9.47 Å². The van der Waals surface area contributed by atoms with E-state index >= 15 is 0 Å². The molecule has 1 amide bonds. The molecule has 2 aliphatic rings. The average Bonchev–Trinajstić information content (AvgIpc) is 3.08. The summed E-state index contributed by atoms with van der Waals surface area (Å²) in [6, 6.07) is 12.3. The van der Waals surface area contributed by atoms with E-state index in [2.05, 4.69) is 28.0 Å². The van der Waals surface area contributed by atoms with Crippen molar-refractivity contribution >= 4 is 51.8 Å². The van der Waals surface area contributed by atoms with Crippen molar-refractivity contribution in [3.8, 4) is 6.07 Å². The smallest absolute Gasteiger partial charge is 0.270 e. The number of amides is 1. The lowest BCUT2D eigenvalue weighted by Crippen LogP contribution is -2.48. The van der Waals surface area contributed by atoms with Gasteiger partial charge in [0.15, 0.2) is 0 Å². The first kappa shape index (κ1) is 23.1. The molecule has 0 spiro atoms. The fourth-order valence-corrected chi connectivity index (χ4v) is 5.43. The van der Waals surface area contributed by atoms with E-state index in [0.29, 0.717) is 21.3 Å². The Hall–Kier alpha value is -3.09. The Balaban J connectivity index is 1.79. The van der Waals surface area contributed by atoms with Crippen molar-refractivity contribution < 1.29 is 4.79 Å². The van der Waals surface area contributed by atoms with Crippen LogP contribution in [0.25, 0.3) is 6.08 Å². The van der Waals surface area contributed by atoms with Gasteiger partial charge in [0.25, 0.3) is 11.5 Å². The molecule has 2 saturated heterocycles. The topological polar surface area (TPSA) is 72.6 Å². The van der Waals surface area contributed by atoms with Gasteiger partial charge in [-0.05, 0) is 37.6 Å². The van der Waals surface area contributed by atoms with Gasteiger partial charge in [0.1, 0.15) is 21.8 Å². The lowest BCUT2D eigenvalue weighted by atomic mass is 10.0. The first-order chi connectivity index (χ1) is 15.9. The average molecular weight is 480 g/mol. The van der Waals surface area contributed by atoms with Gasteiger partial charge in [0.05, 0.1) is 4.91 Å². The predicted octanol–water partition coefficient (Wildman–Crippen LogP) is 3.21. The van der Waals surface area contributed by atoms with Crippen LogP contribution in [0.4, 0.5) is 11.5 Å². The monoisotopic (exact) mass is 479 g/mol. The fraction of sp³-hybridized carbons (Fsp3) is 0.333. The number of nitrogens with zero attached hydrogens (tertiary/aromatic N) is 5. The van der Waals surface area contributed by atoms with E-state index in [4.69, 9.17) is 12.2 Å². The number of rotatable bonds is 4. The van der Waals surface area contributed by atoms with Crippen LogP contribution in [0.2, 0.25) is 0 Å². The van der Waals surface area contributed by atoms with Crippen molar-refractivity contribution in [3.63, 3.8) is 0 Å². The number of aromatic nitrogens is 1. The molecule has 0 saturated carbocycles. The van der Waals surface area contributed by atoms with Gasteiger partial charge in [-0.3, -0.25) is 19.1 Å². The highest BCUT2D eigenvalue weighted by atomic mass is 32.2. The molecule has 2 aromatic rings. The Bertz CT molecular complexity index is 1240. The van der Waals surface area contributed by atoms with E-state index in [0.717, 1.165) is 37.6 Å². The number of likely N-dealkylation sites (N-methyl/N-ethyl adjacent to an activating group) is 1. The number of anilines is 2. The molecule has 1 aromatic heterocycles. The largest absolute Gasteiger partial charge is 0.368 e. The molecule has 0 unspecified atom stereocenters. The second-order valence-corrected chi connectivity index (χ2v) is 9.62. The maximum Gasteiger partial charge on any atom is 0.270 e. The summed E-state index contributed by atoms with van der Waals surface area (Å²) in [5, 5.41) is 9.70. The Labute approximate surface area is 202 Å². The number of piperazine rings is 1. The minimum Gasteiger partial charge on any atom is -0.368 e. The Morgan fingerprint density at radius 1 is 1.12 bits per heavy atom. The quantitative estimate of drug-likeness (QED) is 0.493. The molecule has 2 aliphatic heterocycles. The summed E-state index contributed by atoms with van der Waals surface area (Å²) in [6.07, 6.45) is 1.80. The van der Waals surface area contributed by atoms with Crippen LogP contribution in [0.1, 0.15) is 23.6 Å². The summed E-state index contributed by atoms with van der Waals surface area (Å²) >= 11 is 6.53. The van der Waals surface area contributed by atoms with Crippen LogP contribution in [0.15, 0.2) is 40.0 Å². The van der Waals surface area contributed by atoms with Gasteiger partial charge in [-0.2, -0.15) is 5.26 Å². The number of hydrogen-bond donors (Lipinski definition) is 0. The van der Waals surface area contributed by atoms with E-state index in [1.165, 1.54) is 22.3 Å². The zero-order chi connectivity index (χ0) is 23.7. The minimum absolute atomic E-state index is 0.113. The first-order valence-corrected chi connectivity index (χ1v) is 12.0. The van der Waals surface area contributed by atoms with Gasteiger partial charge >= 0.3 is 0 Å². The van der Waals surface area contributed by atoms with Gasteiger partial charge in [0, 0.05) is 51.0 Å². The zero-order valence-electron chi connectivity index (χ0n) is 18.9. The third-order valence-corrected chi connectivity index (χ3v) is 7.61. The highest BCUT2D eigenvalue weighted by Crippen LogP contribution is 2.35. The third-order valence-electron chi connectivity index (χ3n) is 6.13. The van der Waals surface area contributed by atoms with Crippen LogP contribution in [0.3, 0.4) is 0 Å². The van der Waals surface area contributed by atoms with Crippen molar-refractivity contribution in [1.29, 1.82) is 5.26 Å². The molecule has 0 bridgehead atoms. The van der Waals surface area contributed by atoms with E-state index in [-0.39, 0.29) is 17.0 Å². The van der Waals surface area contributed by atoms with Crippen LogP contribution >= 0.6 is 24.0 Å². The van der Waals surface area contributed by atoms with Crippen molar-refractivity contribution in [3.05, 3.63) is 62.3 Å². The summed E-state index contributed by atoms with van der Waals surface area (Å²) in [4.78, 5) is 32.3. The number of pyridine rings is 1. The summed E-state index contributed by atoms with van der Waals surface area (Å²) in [7, 11) is 1.66. The summed E-state index contributed by atoms with van der Waals surface area (Å²) in [5.41, 5.74) is 2.32. The number of carbonyl (C=O) groups is 1. The lowest BCUT2D eigenvalue weighted by molar-refractivity contribution is -0.121. The highest BCUT2D eigenvalue weighted by Gasteiger charge is 2.31. The van der Waals surface area contributed by atoms with Gasteiger partial charge in [-0.25, -0.2) is 0 Å². The number of benzene rings is 1. The van der Waals surface area contributed by atoms with Crippen LogP contribution in [0, 0.1) is 18.3 Å². The fourth-order valence-electron chi connectivity index (χ4n) is 4.27. The molecule has 3 heterocycles. The lowest BCUT2D eigenvalue weighted by Gasteiger charge is -2.39. The number of thioether (sulfide) groups is 1. The molecule has 170 valence electrons. The normalized spacial score (nSPS) is 17.8. The zero-order valence-corrected chi connectivity index (χ0v) is 20.5. The predicted molar refractivity (Wildman–Crippen MR) is 138 cm³/mol. The van der Waals surface area contributed by atoms with E-state index in [9.17, 15) is 14.9 Å². The van der Waals surface area contributed by atoms with Crippen LogP contribution in [-0.2, 0) is 11.3 Å². The maximum absolute atomic E-state index is 13.1. The molecular formula is C24H25N5O2S2. The SMILES string of the molecule is CCn1c(N2CCN(c3ccccc3)CC2)c(/C=C2\SC(=S)N(C)C2=O)c(C)c(C#N)c1=O. The number of carbonyl (C=O) groups excluding carboxylic acids is 1. The second kappa shape index (κ2) is 9.41. The molecule has 1 aromatic carbocycles. The van der Waals surface area contributed by atoms with Crippen molar-refractivity contribution in [2.24, 2.45) is 0 Å². The maximum atomic E-state index is 13.1. The van der Waals surface area contributed by atoms with E-state index < -0.39 is 0 Å².